The lowest BCUT2D eigenvalue weighted by Gasteiger charge is -2.22. The van der Waals surface area contributed by atoms with Crippen molar-refractivity contribution >= 4 is 0 Å². The maximum atomic E-state index is 5.70. The van der Waals surface area contributed by atoms with Gasteiger partial charge in [-0.05, 0) is 25.9 Å². The van der Waals surface area contributed by atoms with Gasteiger partial charge in [-0.3, -0.25) is 0 Å². The van der Waals surface area contributed by atoms with Crippen molar-refractivity contribution in [3.63, 3.8) is 0 Å². The van der Waals surface area contributed by atoms with Crippen molar-refractivity contribution in [1.29, 1.82) is 0 Å². The SMILES string of the molecule is CCCCCCCCCCN(CCCCCCCCCC)CCOCCOC. The van der Waals surface area contributed by atoms with Crippen molar-refractivity contribution in [3.8, 4) is 0 Å². The van der Waals surface area contributed by atoms with Crippen LogP contribution >= 0.6 is 0 Å². The quantitative estimate of drug-likeness (QED) is 0.160. The Morgan fingerprint density at radius 3 is 1.32 bits per heavy atom. The van der Waals surface area contributed by atoms with E-state index in [0.717, 1.165) is 19.8 Å². The number of rotatable bonds is 24. The molecule has 0 radical (unpaired) electrons. The van der Waals surface area contributed by atoms with E-state index in [2.05, 4.69) is 18.7 Å². The fraction of sp³-hybridized carbons (Fsp3) is 1.00. The van der Waals surface area contributed by atoms with Gasteiger partial charge in [0.15, 0.2) is 0 Å². The van der Waals surface area contributed by atoms with E-state index in [0.29, 0.717) is 6.61 Å². The molecule has 0 bridgehead atoms. The molecule has 0 N–H and O–H groups in total. The second-order valence-corrected chi connectivity index (χ2v) is 8.40. The van der Waals surface area contributed by atoms with E-state index in [1.807, 2.05) is 0 Å². The molecule has 170 valence electrons. The molecular formula is C25H53NO2. The summed E-state index contributed by atoms with van der Waals surface area (Å²) < 4.78 is 10.8. The topological polar surface area (TPSA) is 21.7 Å². The largest absolute Gasteiger partial charge is 0.382 e. The first-order valence-electron chi connectivity index (χ1n) is 12.6. The highest BCUT2D eigenvalue weighted by Crippen LogP contribution is 2.11. The number of nitrogens with zero attached hydrogens (tertiary/aromatic N) is 1. The predicted molar refractivity (Wildman–Crippen MR) is 124 cm³/mol. The Morgan fingerprint density at radius 2 is 0.893 bits per heavy atom. The maximum absolute atomic E-state index is 5.70. The van der Waals surface area contributed by atoms with Gasteiger partial charge in [0.1, 0.15) is 0 Å². The summed E-state index contributed by atoms with van der Waals surface area (Å²) in [6.07, 6.45) is 22.4. The number of hydrogen-bond donors (Lipinski definition) is 0. The summed E-state index contributed by atoms with van der Waals surface area (Å²) >= 11 is 0. The Bertz CT molecular complexity index is 253. The molecule has 0 saturated heterocycles. The second-order valence-electron chi connectivity index (χ2n) is 8.40. The highest BCUT2D eigenvalue weighted by atomic mass is 16.5. The fourth-order valence-electron chi connectivity index (χ4n) is 3.71. The molecule has 0 aliphatic rings. The Labute approximate surface area is 177 Å². The van der Waals surface area contributed by atoms with Gasteiger partial charge in [-0.1, -0.05) is 104 Å². The van der Waals surface area contributed by atoms with Gasteiger partial charge >= 0.3 is 0 Å². The van der Waals surface area contributed by atoms with Crippen molar-refractivity contribution in [2.24, 2.45) is 0 Å². The van der Waals surface area contributed by atoms with E-state index >= 15 is 0 Å². The molecule has 0 saturated carbocycles. The lowest BCUT2D eigenvalue weighted by atomic mass is 10.1. The molecule has 0 fully saturated rings. The minimum absolute atomic E-state index is 0.704. The summed E-state index contributed by atoms with van der Waals surface area (Å²) in [7, 11) is 1.74. The molecule has 0 heterocycles. The van der Waals surface area contributed by atoms with Crippen LogP contribution in [0.5, 0.6) is 0 Å². The van der Waals surface area contributed by atoms with E-state index in [9.17, 15) is 0 Å². The van der Waals surface area contributed by atoms with Crippen LogP contribution in [-0.4, -0.2) is 51.5 Å². The van der Waals surface area contributed by atoms with Gasteiger partial charge in [-0.2, -0.15) is 0 Å². The zero-order valence-electron chi connectivity index (χ0n) is 19.8. The molecule has 0 spiro atoms. The third-order valence-corrected chi connectivity index (χ3v) is 5.64. The minimum Gasteiger partial charge on any atom is -0.382 e. The molecule has 0 aromatic rings. The molecule has 28 heavy (non-hydrogen) atoms. The monoisotopic (exact) mass is 399 g/mol. The van der Waals surface area contributed by atoms with Crippen LogP contribution in [0.1, 0.15) is 117 Å². The van der Waals surface area contributed by atoms with Crippen LogP contribution in [0.3, 0.4) is 0 Å². The molecule has 3 nitrogen and oxygen atoms in total. The Kier molecular flexibility index (Phi) is 24.8. The normalized spacial score (nSPS) is 11.6. The zero-order valence-corrected chi connectivity index (χ0v) is 19.8. The molecule has 0 aliphatic carbocycles. The van der Waals surface area contributed by atoms with Gasteiger partial charge in [0.05, 0.1) is 19.8 Å². The second kappa shape index (κ2) is 24.9. The van der Waals surface area contributed by atoms with Crippen LogP contribution in [0.4, 0.5) is 0 Å². The van der Waals surface area contributed by atoms with Crippen LogP contribution in [-0.2, 0) is 9.47 Å². The van der Waals surface area contributed by atoms with Gasteiger partial charge in [0.25, 0.3) is 0 Å². The number of ether oxygens (including phenoxy) is 2. The lowest BCUT2D eigenvalue weighted by Crippen LogP contribution is -2.30. The van der Waals surface area contributed by atoms with E-state index in [1.54, 1.807) is 7.11 Å². The number of unbranched alkanes of at least 4 members (excludes halogenated alkanes) is 14. The molecule has 3 heteroatoms. The Balaban J connectivity index is 3.75. The number of methoxy groups -OCH3 is 1. The van der Waals surface area contributed by atoms with Crippen molar-refractivity contribution < 1.29 is 9.47 Å². The molecule has 0 aliphatic heterocycles. The number of hydrogen-bond acceptors (Lipinski definition) is 3. The fourth-order valence-corrected chi connectivity index (χ4v) is 3.71. The van der Waals surface area contributed by atoms with Crippen LogP contribution in [0.2, 0.25) is 0 Å². The third kappa shape index (κ3) is 22.2. The summed E-state index contributed by atoms with van der Waals surface area (Å²) in [6, 6.07) is 0. The van der Waals surface area contributed by atoms with Gasteiger partial charge in [-0.15, -0.1) is 0 Å². The first-order valence-corrected chi connectivity index (χ1v) is 12.6. The summed E-state index contributed by atoms with van der Waals surface area (Å²) in [4.78, 5) is 2.64. The maximum Gasteiger partial charge on any atom is 0.0700 e. The van der Waals surface area contributed by atoms with Crippen LogP contribution in [0.15, 0.2) is 0 Å². The van der Waals surface area contributed by atoms with Gasteiger partial charge < -0.3 is 14.4 Å². The van der Waals surface area contributed by atoms with E-state index in [4.69, 9.17) is 9.47 Å². The van der Waals surface area contributed by atoms with Gasteiger partial charge in [-0.25, -0.2) is 0 Å². The first-order chi connectivity index (χ1) is 13.8. The molecular weight excluding hydrogens is 346 g/mol. The third-order valence-electron chi connectivity index (χ3n) is 5.64. The van der Waals surface area contributed by atoms with Crippen molar-refractivity contribution in [3.05, 3.63) is 0 Å². The first kappa shape index (κ1) is 27.9. The van der Waals surface area contributed by atoms with E-state index < -0.39 is 0 Å². The summed E-state index contributed by atoms with van der Waals surface area (Å²) in [5.41, 5.74) is 0. The average Bonchev–Trinajstić information content (AvgIpc) is 2.71. The Hall–Kier alpha value is -0.120. The van der Waals surface area contributed by atoms with Gasteiger partial charge in [0, 0.05) is 13.7 Å². The molecule has 0 rings (SSSR count). The molecule has 0 amide bonds. The van der Waals surface area contributed by atoms with Crippen LogP contribution in [0.25, 0.3) is 0 Å². The van der Waals surface area contributed by atoms with E-state index in [-0.39, 0.29) is 0 Å². The van der Waals surface area contributed by atoms with Crippen LogP contribution < -0.4 is 0 Å². The highest BCUT2D eigenvalue weighted by molar-refractivity contribution is 4.59. The smallest absolute Gasteiger partial charge is 0.0700 e. The van der Waals surface area contributed by atoms with Crippen molar-refractivity contribution in [2.75, 3.05) is 46.6 Å². The standard InChI is InChI=1S/C25H53NO2/c1-4-6-8-10-12-14-16-18-20-26(22-23-28-25-24-27-3)21-19-17-15-13-11-9-7-5-2/h4-25H2,1-3H3. The van der Waals surface area contributed by atoms with Crippen LogP contribution in [0, 0.1) is 0 Å². The lowest BCUT2D eigenvalue weighted by molar-refractivity contribution is 0.0565. The molecule has 0 aromatic heterocycles. The van der Waals surface area contributed by atoms with E-state index in [1.165, 1.54) is 116 Å². The van der Waals surface area contributed by atoms with Crippen molar-refractivity contribution in [1.82, 2.24) is 4.90 Å². The predicted octanol–water partition coefficient (Wildman–Crippen LogP) is 7.23. The summed E-state index contributed by atoms with van der Waals surface area (Å²) in [5, 5.41) is 0. The molecule has 0 atom stereocenters. The Morgan fingerprint density at radius 1 is 0.464 bits per heavy atom. The van der Waals surface area contributed by atoms with Gasteiger partial charge in [0.2, 0.25) is 0 Å². The highest BCUT2D eigenvalue weighted by Gasteiger charge is 2.05. The summed E-state index contributed by atoms with van der Waals surface area (Å²) in [6.45, 7) is 10.4. The minimum atomic E-state index is 0.704. The molecule has 0 aromatic carbocycles. The van der Waals surface area contributed by atoms with Crippen molar-refractivity contribution in [2.45, 2.75) is 117 Å². The average molecular weight is 400 g/mol. The zero-order chi connectivity index (χ0) is 20.5. The molecule has 0 unspecified atom stereocenters. The summed E-state index contributed by atoms with van der Waals surface area (Å²) in [5.74, 6) is 0.